The summed E-state index contributed by atoms with van der Waals surface area (Å²) < 4.78 is 13.9. The van der Waals surface area contributed by atoms with Gasteiger partial charge in [-0.15, -0.1) is 11.3 Å². The molecule has 18 heavy (non-hydrogen) atoms. The van der Waals surface area contributed by atoms with E-state index in [4.69, 9.17) is 0 Å². The third kappa shape index (κ3) is 2.94. The average Bonchev–Trinajstić information content (AvgIpc) is 2.78. The molecule has 2 aromatic rings. The number of thiophene rings is 1. The first-order chi connectivity index (χ1) is 8.72. The van der Waals surface area contributed by atoms with Crippen LogP contribution in [-0.2, 0) is 0 Å². The van der Waals surface area contributed by atoms with E-state index in [0.717, 1.165) is 18.5 Å². The molecule has 0 radical (unpaired) electrons. The van der Waals surface area contributed by atoms with Crippen molar-refractivity contribution in [3.05, 3.63) is 51.7 Å². The van der Waals surface area contributed by atoms with Crippen molar-refractivity contribution in [1.29, 1.82) is 0 Å². The van der Waals surface area contributed by atoms with E-state index in [1.165, 1.54) is 10.9 Å². The molecule has 0 saturated carbocycles. The molecule has 0 aliphatic heterocycles. The molecule has 2 heterocycles. The van der Waals surface area contributed by atoms with Crippen molar-refractivity contribution < 1.29 is 4.39 Å². The Morgan fingerprint density at radius 3 is 2.94 bits per heavy atom. The van der Waals surface area contributed by atoms with Gasteiger partial charge in [-0.05, 0) is 49.0 Å². The Morgan fingerprint density at radius 2 is 2.33 bits per heavy atom. The number of nitrogens with one attached hydrogen (secondary N) is 1. The lowest BCUT2D eigenvalue weighted by Gasteiger charge is -2.17. The smallest absolute Gasteiger partial charge is 0.146 e. The van der Waals surface area contributed by atoms with Gasteiger partial charge in [-0.25, -0.2) is 4.39 Å². The van der Waals surface area contributed by atoms with E-state index in [1.807, 2.05) is 0 Å². The van der Waals surface area contributed by atoms with Gasteiger partial charge in [-0.1, -0.05) is 6.92 Å². The van der Waals surface area contributed by atoms with Crippen LogP contribution in [0.2, 0.25) is 0 Å². The van der Waals surface area contributed by atoms with E-state index in [2.05, 4.69) is 35.6 Å². The summed E-state index contributed by atoms with van der Waals surface area (Å²) in [6.45, 7) is 4.99. The molecular formula is C14H17FN2S. The summed E-state index contributed by atoms with van der Waals surface area (Å²) >= 11 is 1.68. The molecule has 0 aromatic carbocycles. The van der Waals surface area contributed by atoms with Crippen LogP contribution in [0.5, 0.6) is 0 Å². The molecule has 0 saturated heterocycles. The Balaban J connectivity index is 2.33. The summed E-state index contributed by atoms with van der Waals surface area (Å²) in [6, 6.07) is 5.01. The van der Waals surface area contributed by atoms with Gasteiger partial charge in [0.1, 0.15) is 5.82 Å². The van der Waals surface area contributed by atoms with Gasteiger partial charge >= 0.3 is 0 Å². The van der Waals surface area contributed by atoms with Crippen molar-refractivity contribution in [1.82, 2.24) is 10.3 Å². The van der Waals surface area contributed by atoms with Gasteiger partial charge in [0.05, 0.1) is 11.7 Å². The highest BCUT2D eigenvalue weighted by Gasteiger charge is 2.19. The minimum Gasteiger partial charge on any atom is -0.305 e. The largest absolute Gasteiger partial charge is 0.305 e. The highest BCUT2D eigenvalue weighted by Crippen LogP contribution is 2.26. The normalized spacial score (nSPS) is 12.6. The lowest BCUT2D eigenvalue weighted by atomic mass is 10.1. The average molecular weight is 264 g/mol. The third-order valence-corrected chi connectivity index (χ3v) is 3.62. The van der Waals surface area contributed by atoms with Crippen LogP contribution >= 0.6 is 11.3 Å². The minimum absolute atomic E-state index is 0.156. The summed E-state index contributed by atoms with van der Waals surface area (Å²) in [4.78, 5) is 5.41. The molecule has 1 N–H and O–H groups in total. The van der Waals surface area contributed by atoms with Crippen molar-refractivity contribution in [2.75, 3.05) is 6.54 Å². The second kappa shape index (κ2) is 6.07. The number of nitrogens with zero attached hydrogens (tertiary/aromatic N) is 1. The molecule has 0 fully saturated rings. The maximum Gasteiger partial charge on any atom is 0.146 e. The molecule has 0 aliphatic carbocycles. The van der Waals surface area contributed by atoms with Crippen LogP contribution in [0.25, 0.3) is 0 Å². The van der Waals surface area contributed by atoms with Crippen LogP contribution in [-0.4, -0.2) is 11.5 Å². The quantitative estimate of drug-likeness (QED) is 0.891. The number of hydrogen-bond acceptors (Lipinski definition) is 3. The predicted octanol–water partition coefficient (Wildman–Crippen LogP) is 3.68. The van der Waals surface area contributed by atoms with E-state index in [-0.39, 0.29) is 11.9 Å². The lowest BCUT2D eigenvalue weighted by molar-refractivity contribution is 0.532. The van der Waals surface area contributed by atoms with Gasteiger partial charge in [0, 0.05) is 11.1 Å². The molecule has 2 rings (SSSR count). The molecular weight excluding hydrogens is 247 g/mol. The van der Waals surface area contributed by atoms with E-state index < -0.39 is 0 Å². The highest BCUT2D eigenvalue weighted by molar-refractivity contribution is 7.10. The molecule has 2 nitrogen and oxygen atoms in total. The standard InChI is InChI=1S/C14H17FN2S/c1-3-6-16-13(11-8-10(2)18-9-11)14-12(15)5-4-7-17-14/h4-5,7-9,13,16H,3,6H2,1-2H3. The monoisotopic (exact) mass is 264 g/mol. The van der Waals surface area contributed by atoms with Gasteiger partial charge in [0.25, 0.3) is 0 Å². The van der Waals surface area contributed by atoms with Gasteiger partial charge < -0.3 is 5.32 Å². The SMILES string of the molecule is CCCNC(c1csc(C)c1)c1ncccc1F. The Hall–Kier alpha value is -1.26. The second-order valence-electron chi connectivity index (χ2n) is 4.25. The third-order valence-electron chi connectivity index (χ3n) is 2.74. The van der Waals surface area contributed by atoms with Gasteiger partial charge in [-0.2, -0.15) is 0 Å². The fourth-order valence-corrected chi connectivity index (χ4v) is 2.62. The number of rotatable bonds is 5. The van der Waals surface area contributed by atoms with Crippen LogP contribution in [0.3, 0.4) is 0 Å². The number of aryl methyl sites for hydroxylation is 1. The molecule has 2 aromatic heterocycles. The van der Waals surface area contributed by atoms with E-state index in [9.17, 15) is 4.39 Å². The molecule has 96 valence electrons. The van der Waals surface area contributed by atoms with Crippen molar-refractivity contribution in [3.8, 4) is 0 Å². The molecule has 1 unspecified atom stereocenters. The maximum atomic E-state index is 13.9. The number of hydrogen-bond donors (Lipinski definition) is 1. The summed E-state index contributed by atoms with van der Waals surface area (Å²) in [5, 5.41) is 5.43. The number of pyridine rings is 1. The second-order valence-corrected chi connectivity index (χ2v) is 5.36. The van der Waals surface area contributed by atoms with Crippen LogP contribution in [0.15, 0.2) is 29.8 Å². The summed E-state index contributed by atoms with van der Waals surface area (Å²) in [6.07, 6.45) is 2.65. The van der Waals surface area contributed by atoms with Crippen molar-refractivity contribution >= 4 is 11.3 Å². The first-order valence-electron chi connectivity index (χ1n) is 6.11. The van der Waals surface area contributed by atoms with Gasteiger partial charge in [0.15, 0.2) is 0 Å². The number of halogens is 1. The first-order valence-corrected chi connectivity index (χ1v) is 6.99. The highest BCUT2D eigenvalue weighted by atomic mass is 32.1. The lowest BCUT2D eigenvalue weighted by Crippen LogP contribution is -2.24. The Labute approximate surface area is 111 Å². The van der Waals surface area contributed by atoms with Gasteiger partial charge in [-0.3, -0.25) is 4.98 Å². The zero-order valence-electron chi connectivity index (χ0n) is 10.6. The molecule has 0 amide bonds. The van der Waals surface area contributed by atoms with Crippen LogP contribution in [0.4, 0.5) is 4.39 Å². The van der Waals surface area contributed by atoms with Crippen LogP contribution < -0.4 is 5.32 Å². The number of aromatic nitrogens is 1. The summed E-state index contributed by atoms with van der Waals surface area (Å²) in [5.74, 6) is -0.255. The fourth-order valence-electron chi connectivity index (χ4n) is 1.89. The summed E-state index contributed by atoms with van der Waals surface area (Å²) in [7, 11) is 0. The van der Waals surface area contributed by atoms with Crippen molar-refractivity contribution in [3.63, 3.8) is 0 Å². The molecule has 1 atom stereocenters. The fraction of sp³-hybridized carbons (Fsp3) is 0.357. The zero-order chi connectivity index (χ0) is 13.0. The molecule has 0 bridgehead atoms. The predicted molar refractivity (Wildman–Crippen MR) is 73.4 cm³/mol. The van der Waals surface area contributed by atoms with Gasteiger partial charge in [0.2, 0.25) is 0 Å². The molecule has 0 spiro atoms. The van der Waals surface area contributed by atoms with E-state index in [1.54, 1.807) is 23.6 Å². The Kier molecular flexibility index (Phi) is 4.44. The van der Waals surface area contributed by atoms with Crippen LogP contribution in [0, 0.1) is 12.7 Å². The Bertz CT molecular complexity index is 510. The maximum absolute atomic E-state index is 13.9. The minimum atomic E-state index is -0.255. The molecule has 0 aliphatic rings. The topological polar surface area (TPSA) is 24.9 Å². The first kappa shape index (κ1) is 13.2. The molecule has 4 heteroatoms. The summed E-state index contributed by atoms with van der Waals surface area (Å²) in [5.41, 5.74) is 1.56. The van der Waals surface area contributed by atoms with Crippen molar-refractivity contribution in [2.24, 2.45) is 0 Å². The van der Waals surface area contributed by atoms with Crippen molar-refractivity contribution in [2.45, 2.75) is 26.3 Å². The van der Waals surface area contributed by atoms with E-state index in [0.29, 0.717) is 5.69 Å². The van der Waals surface area contributed by atoms with Crippen LogP contribution in [0.1, 0.15) is 35.5 Å². The Morgan fingerprint density at radius 1 is 1.50 bits per heavy atom. The van der Waals surface area contributed by atoms with E-state index >= 15 is 0 Å². The zero-order valence-corrected chi connectivity index (χ0v) is 11.4.